The fourth-order valence-corrected chi connectivity index (χ4v) is 3.06. The second-order valence-electron chi connectivity index (χ2n) is 4.68. The number of fused-ring (bicyclic) bond motifs is 2. The zero-order chi connectivity index (χ0) is 14.4. The van der Waals surface area contributed by atoms with Crippen LogP contribution in [0.5, 0.6) is 5.75 Å². The van der Waals surface area contributed by atoms with Gasteiger partial charge in [0.1, 0.15) is 17.0 Å². The number of pyridine rings is 1. The quantitative estimate of drug-likeness (QED) is 0.580. The smallest absolute Gasteiger partial charge is 0.193 e. The van der Waals surface area contributed by atoms with Crippen LogP contribution in [-0.2, 0) is 0 Å². The third kappa shape index (κ3) is 1.98. The number of phenolic OH excluding ortho intramolecular Hbond substituents is 1. The second-order valence-corrected chi connectivity index (χ2v) is 5.63. The molecule has 1 N–H and O–H groups in total. The van der Waals surface area contributed by atoms with Crippen molar-refractivity contribution in [2.75, 3.05) is 0 Å². The molecule has 0 radical (unpaired) electrons. The van der Waals surface area contributed by atoms with Crippen molar-refractivity contribution in [3.05, 3.63) is 58.2 Å². The number of nitrogens with zero attached hydrogens (tertiary/aromatic N) is 1. The Morgan fingerprint density at radius 2 is 2.05 bits per heavy atom. The van der Waals surface area contributed by atoms with E-state index in [-0.39, 0.29) is 11.2 Å². The van der Waals surface area contributed by atoms with Crippen molar-refractivity contribution in [1.29, 1.82) is 0 Å². The van der Waals surface area contributed by atoms with Crippen LogP contribution in [0.25, 0.3) is 32.5 Å². The lowest BCUT2D eigenvalue weighted by Gasteiger charge is -2.03. The molecule has 0 unspecified atom stereocenters. The lowest BCUT2D eigenvalue weighted by atomic mass is 10.2. The van der Waals surface area contributed by atoms with Gasteiger partial charge in [-0.05, 0) is 35.7 Å². The van der Waals surface area contributed by atoms with Gasteiger partial charge in [-0.3, -0.25) is 9.78 Å². The number of hydrogen-bond donors (Lipinski definition) is 1. The fraction of sp³-hybridized carbons (Fsp3) is 0. The van der Waals surface area contributed by atoms with Gasteiger partial charge in [-0.1, -0.05) is 0 Å². The molecule has 0 aliphatic rings. The Hall–Kier alpha value is -2.66. The number of aromatic hydroxyl groups is 1. The minimum atomic E-state index is -0.199. The number of benzene rings is 1. The van der Waals surface area contributed by atoms with Gasteiger partial charge in [-0.25, -0.2) is 0 Å². The molecule has 4 rings (SSSR count). The lowest BCUT2D eigenvalue weighted by Crippen LogP contribution is -2.00. The molecule has 5 heteroatoms. The Morgan fingerprint density at radius 3 is 2.95 bits per heavy atom. The number of thiophene rings is 1. The molecule has 0 aliphatic carbocycles. The summed E-state index contributed by atoms with van der Waals surface area (Å²) in [5, 5.41) is 12.9. The Balaban J connectivity index is 1.97. The van der Waals surface area contributed by atoms with Crippen molar-refractivity contribution in [3.63, 3.8) is 0 Å². The van der Waals surface area contributed by atoms with E-state index < -0.39 is 0 Å². The number of aromatic nitrogens is 1. The summed E-state index contributed by atoms with van der Waals surface area (Å²) in [4.78, 5) is 16.5. The summed E-state index contributed by atoms with van der Waals surface area (Å²) >= 11 is 1.61. The number of hydrogen-bond acceptors (Lipinski definition) is 5. The highest BCUT2D eigenvalue weighted by Crippen LogP contribution is 2.27. The van der Waals surface area contributed by atoms with Crippen LogP contribution in [0.3, 0.4) is 0 Å². The van der Waals surface area contributed by atoms with Crippen LogP contribution in [0.2, 0.25) is 0 Å². The molecule has 0 aliphatic heterocycles. The first-order valence-corrected chi connectivity index (χ1v) is 7.19. The first-order valence-electron chi connectivity index (χ1n) is 6.31. The monoisotopic (exact) mass is 295 g/mol. The van der Waals surface area contributed by atoms with Gasteiger partial charge in [-0.15, -0.1) is 11.3 Å². The van der Waals surface area contributed by atoms with Gasteiger partial charge in [0, 0.05) is 22.3 Å². The van der Waals surface area contributed by atoms with E-state index in [1.807, 2.05) is 17.5 Å². The second kappa shape index (κ2) is 4.43. The van der Waals surface area contributed by atoms with Crippen LogP contribution >= 0.6 is 11.3 Å². The first-order chi connectivity index (χ1) is 10.2. The van der Waals surface area contributed by atoms with E-state index in [2.05, 4.69) is 4.98 Å². The SMILES string of the molecule is O=c1cc(-c2cc3sccc3cn2)oc2ccc(O)cc12. The number of phenols is 1. The van der Waals surface area contributed by atoms with Crippen molar-refractivity contribution in [2.45, 2.75) is 0 Å². The molecule has 3 aromatic heterocycles. The maximum absolute atomic E-state index is 12.1. The third-order valence-corrected chi connectivity index (χ3v) is 4.18. The average Bonchev–Trinajstić information content (AvgIpc) is 2.95. The first kappa shape index (κ1) is 12.1. The van der Waals surface area contributed by atoms with E-state index in [9.17, 15) is 9.90 Å². The molecule has 3 heterocycles. The summed E-state index contributed by atoms with van der Waals surface area (Å²) in [7, 11) is 0. The van der Waals surface area contributed by atoms with E-state index in [1.165, 1.54) is 18.2 Å². The Labute approximate surface area is 122 Å². The summed E-state index contributed by atoms with van der Waals surface area (Å²) in [5.74, 6) is 0.467. The Kier molecular flexibility index (Phi) is 2.55. The molecule has 0 bridgehead atoms. The van der Waals surface area contributed by atoms with Crippen LogP contribution in [0.15, 0.2) is 57.2 Å². The summed E-state index contributed by atoms with van der Waals surface area (Å²) < 4.78 is 6.83. The normalized spacial score (nSPS) is 11.2. The molecule has 0 fully saturated rings. The van der Waals surface area contributed by atoms with Crippen LogP contribution < -0.4 is 5.43 Å². The maximum Gasteiger partial charge on any atom is 0.193 e. The highest BCUT2D eigenvalue weighted by molar-refractivity contribution is 7.17. The summed E-state index contributed by atoms with van der Waals surface area (Å²) in [6, 6.07) is 9.79. The largest absolute Gasteiger partial charge is 0.508 e. The standard InChI is InChI=1S/C16H9NO3S/c18-10-1-2-14-11(5-10)13(19)7-15(20-14)12-6-16-9(8-17-12)3-4-21-16/h1-8,18H. The van der Waals surface area contributed by atoms with Gasteiger partial charge in [0.2, 0.25) is 0 Å². The van der Waals surface area contributed by atoms with Crippen molar-refractivity contribution in [2.24, 2.45) is 0 Å². The lowest BCUT2D eigenvalue weighted by molar-refractivity contribution is 0.475. The molecule has 0 saturated carbocycles. The van der Waals surface area contributed by atoms with Gasteiger partial charge < -0.3 is 9.52 Å². The van der Waals surface area contributed by atoms with E-state index in [1.54, 1.807) is 23.6 Å². The van der Waals surface area contributed by atoms with Crippen molar-refractivity contribution < 1.29 is 9.52 Å². The Bertz CT molecular complexity index is 1030. The van der Waals surface area contributed by atoms with Crippen molar-refractivity contribution in [3.8, 4) is 17.2 Å². The van der Waals surface area contributed by atoms with Gasteiger partial charge in [0.05, 0.1) is 5.39 Å². The van der Waals surface area contributed by atoms with E-state index in [4.69, 9.17) is 4.42 Å². The van der Waals surface area contributed by atoms with Crippen LogP contribution in [0, 0.1) is 0 Å². The molecule has 4 nitrogen and oxygen atoms in total. The molecular formula is C16H9NO3S. The highest BCUT2D eigenvalue weighted by atomic mass is 32.1. The van der Waals surface area contributed by atoms with Crippen LogP contribution in [-0.4, -0.2) is 10.1 Å². The molecule has 4 aromatic rings. The summed E-state index contributed by atoms with van der Waals surface area (Å²) in [6.45, 7) is 0. The molecular weight excluding hydrogens is 286 g/mol. The minimum Gasteiger partial charge on any atom is -0.508 e. The van der Waals surface area contributed by atoms with Gasteiger partial charge >= 0.3 is 0 Å². The summed E-state index contributed by atoms with van der Waals surface area (Å²) in [5.41, 5.74) is 0.857. The van der Waals surface area contributed by atoms with E-state index in [0.717, 1.165) is 10.1 Å². The maximum atomic E-state index is 12.1. The number of rotatable bonds is 1. The predicted octanol–water partition coefficient (Wildman–Crippen LogP) is 3.78. The fourth-order valence-electron chi connectivity index (χ4n) is 2.26. The van der Waals surface area contributed by atoms with Crippen molar-refractivity contribution in [1.82, 2.24) is 4.98 Å². The zero-order valence-corrected chi connectivity index (χ0v) is 11.6. The Morgan fingerprint density at radius 1 is 1.14 bits per heavy atom. The zero-order valence-electron chi connectivity index (χ0n) is 10.7. The van der Waals surface area contributed by atoms with Crippen LogP contribution in [0.4, 0.5) is 0 Å². The molecule has 1 aromatic carbocycles. The van der Waals surface area contributed by atoms with Crippen molar-refractivity contribution >= 4 is 32.4 Å². The molecule has 0 saturated heterocycles. The topological polar surface area (TPSA) is 63.3 Å². The average molecular weight is 295 g/mol. The minimum absolute atomic E-state index is 0.0423. The van der Waals surface area contributed by atoms with E-state index >= 15 is 0 Å². The molecule has 0 spiro atoms. The van der Waals surface area contributed by atoms with E-state index in [0.29, 0.717) is 22.4 Å². The van der Waals surface area contributed by atoms with Gasteiger partial charge in [0.15, 0.2) is 11.2 Å². The van der Waals surface area contributed by atoms with Crippen LogP contribution in [0.1, 0.15) is 0 Å². The molecule has 21 heavy (non-hydrogen) atoms. The molecule has 102 valence electrons. The molecule has 0 atom stereocenters. The highest BCUT2D eigenvalue weighted by Gasteiger charge is 2.09. The molecule has 0 amide bonds. The predicted molar refractivity (Wildman–Crippen MR) is 82.8 cm³/mol. The third-order valence-electron chi connectivity index (χ3n) is 3.30. The van der Waals surface area contributed by atoms with Gasteiger partial charge in [0.25, 0.3) is 0 Å². The van der Waals surface area contributed by atoms with Gasteiger partial charge in [-0.2, -0.15) is 0 Å². The summed E-state index contributed by atoms with van der Waals surface area (Å²) in [6.07, 6.45) is 1.77.